The number of aryl methyl sites for hydroxylation is 1. The van der Waals surface area contributed by atoms with Gasteiger partial charge in [-0.25, -0.2) is 9.07 Å². The first-order chi connectivity index (χ1) is 16.6. The number of hydrogen-bond acceptors (Lipinski definition) is 5. The zero-order chi connectivity index (χ0) is 27.0. The van der Waals surface area contributed by atoms with Crippen LogP contribution in [-0.2, 0) is 31.0 Å². The van der Waals surface area contributed by atoms with E-state index in [-0.39, 0.29) is 42.2 Å². The van der Waals surface area contributed by atoms with Gasteiger partial charge in [0.05, 0.1) is 30.0 Å². The summed E-state index contributed by atoms with van der Waals surface area (Å²) < 4.78 is 81.7. The van der Waals surface area contributed by atoms with Gasteiger partial charge in [-0.05, 0) is 38.0 Å². The van der Waals surface area contributed by atoms with Gasteiger partial charge < -0.3 is 15.6 Å². The van der Waals surface area contributed by atoms with Gasteiger partial charge in [-0.1, -0.05) is 0 Å². The van der Waals surface area contributed by atoms with Crippen LogP contribution in [0.3, 0.4) is 0 Å². The molecule has 204 valence electrons. The van der Waals surface area contributed by atoms with E-state index in [1.165, 1.54) is 27.1 Å². The Bertz CT molecular complexity index is 1290. The number of nitrogens with zero attached hydrogens (tertiary/aromatic N) is 5. The van der Waals surface area contributed by atoms with Crippen LogP contribution in [0.1, 0.15) is 31.7 Å². The Hall–Kier alpha value is -3.33. The van der Waals surface area contributed by atoms with Gasteiger partial charge in [0.15, 0.2) is 11.5 Å². The molecule has 0 saturated carbocycles. The topological polar surface area (TPSA) is 113 Å². The summed E-state index contributed by atoms with van der Waals surface area (Å²) in [5, 5.41) is 9.65. The number of alkyl halides is 5. The summed E-state index contributed by atoms with van der Waals surface area (Å²) in [6, 6.07) is 0.348. The number of hydrogen-bond donors (Lipinski definition) is 2. The van der Waals surface area contributed by atoms with Crippen molar-refractivity contribution < 1.29 is 31.1 Å². The predicted molar refractivity (Wildman–Crippen MR) is 122 cm³/mol. The van der Waals surface area contributed by atoms with E-state index >= 15 is 0 Å². The first kappa shape index (κ1) is 29.9. The highest BCUT2D eigenvalue weighted by Gasteiger charge is 2.36. The largest absolute Gasteiger partial charge is 0.435 e. The lowest BCUT2D eigenvalue weighted by molar-refractivity contribution is -0.141. The van der Waals surface area contributed by atoms with Crippen LogP contribution in [0.2, 0.25) is 0 Å². The van der Waals surface area contributed by atoms with E-state index < -0.39 is 47.3 Å². The van der Waals surface area contributed by atoms with Crippen molar-refractivity contribution in [2.75, 3.05) is 0 Å². The Labute approximate surface area is 212 Å². The first-order valence-corrected chi connectivity index (χ1v) is 10.5. The van der Waals surface area contributed by atoms with Gasteiger partial charge in [-0.2, -0.15) is 32.1 Å². The summed E-state index contributed by atoms with van der Waals surface area (Å²) >= 11 is 0. The molecule has 3 heterocycles. The van der Waals surface area contributed by atoms with Crippen LogP contribution in [0, 0.1) is 5.82 Å². The summed E-state index contributed by atoms with van der Waals surface area (Å²) in [4.78, 5) is 24.3. The fraction of sp³-hybridized carbons (Fsp3) is 0.429. The number of pyridine rings is 1. The molecule has 0 spiro atoms. The zero-order valence-electron chi connectivity index (χ0n) is 19.8. The summed E-state index contributed by atoms with van der Waals surface area (Å²) in [7, 11) is 1.25. The lowest BCUT2D eigenvalue weighted by atomic mass is 10.0. The van der Waals surface area contributed by atoms with E-state index in [1.54, 1.807) is 0 Å². The van der Waals surface area contributed by atoms with Gasteiger partial charge in [0, 0.05) is 25.0 Å². The summed E-state index contributed by atoms with van der Waals surface area (Å²) in [5.41, 5.74) is 2.59. The number of nitrogens with two attached hydrogens (primary N) is 1. The fourth-order valence-corrected chi connectivity index (χ4v) is 3.50. The minimum atomic E-state index is -4.81. The molecule has 1 amide bonds. The molecule has 1 atom stereocenters. The highest BCUT2D eigenvalue weighted by molar-refractivity contribution is 5.85. The van der Waals surface area contributed by atoms with Crippen LogP contribution >= 0.6 is 12.4 Å². The van der Waals surface area contributed by atoms with Gasteiger partial charge >= 0.3 is 12.7 Å². The van der Waals surface area contributed by atoms with E-state index in [9.17, 15) is 35.9 Å². The van der Waals surface area contributed by atoms with Crippen LogP contribution in [0.4, 0.5) is 26.3 Å². The van der Waals surface area contributed by atoms with Crippen molar-refractivity contribution in [1.82, 2.24) is 29.4 Å². The van der Waals surface area contributed by atoms with Crippen molar-refractivity contribution in [1.29, 1.82) is 0 Å². The third kappa shape index (κ3) is 7.13. The van der Waals surface area contributed by atoms with Crippen LogP contribution in [0.15, 0.2) is 35.5 Å². The molecule has 0 saturated heterocycles. The van der Waals surface area contributed by atoms with Crippen LogP contribution in [0.5, 0.6) is 0 Å². The Balaban J connectivity index is 0.00000481. The van der Waals surface area contributed by atoms with E-state index in [1.807, 2.05) is 0 Å². The van der Waals surface area contributed by atoms with Gasteiger partial charge in [0.1, 0.15) is 0 Å². The molecule has 0 unspecified atom stereocenters. The zero-order valence-corrected chi connectivity index (χ0v) is 20.6. The van der Waals surface area contributed by atoms with Crippen LogP contribution in [0.25, 0.3) is 11.3 Å². The summed E-state index contributed by atoms with van der Waals surface area (Å²) in [6.07, 6.45) is -1.57. The molecular formula is C21H24ClF6N7O2. The Morgan fingerprint density at radius 1 is 1.19 bits per heavy atom. The molecule has 0 aliphatic carbocycles. The van der Waals surface area contributed by atoms with Crippen molar-refractivity contribution in [2.24, 2.45) is 12.8 Å². The lowest BCUT2D eigenvalue weighted by Gasteiger charge is -2.28. The van der Waals surface area contributed by atoms with E-state index in [0.717, 1.165) is 27.7 Å². The number of amides is 1. The number of carbonyl (C=O) groups is 1. The smallest absolute Gasteiger partial charge is 0.348 e. The minimum Gasteiger partial charge on any atom is -0.348 e. The third-order valence-corrected chi connectivity index (χ3v) is 5.16. The Morgan fingerprint density at radius 3 is 2.38 bits per heavy atom. The molecule has 0 aliphatic heterocycles. The maximum Gasteiger partial charge on any atom is 0.435 e. The van der Waals surface area contributed by atoms with Gasteiger partial charge in [0.2, 0.25) is 5.91 Å². The number of aromatic nitrogens is 5. The van der Waals surface area contributed by atoms with Crippen molar-refractivity contribution in [3.05, 3.63) is 58.2 Å². The third-order valence-electron chi connectivity index (χ3n) is 5.16. The average Bonchev–Trinajstić information content (AvgIpc) is 3.38. The quantitative estimate of drug-likeness (QED) is 0.415. The van der Waals surface area contributed by atoms with Crippen molar-refractivity contribution in [3.63, 3.8) is 0 Å². The molecule has 3 N–H and O–H groups in total. The molecule has 0 aliphatic rings. The highest BCUT2D eigenvalue weighted by Crippen LogP contribution is 2.32. The molecule has 3 aromatic rings. The van der Waals surface area contributed by atoms with Gasteiger partial charge in [0.25, 0.3) is 5.56 Å². The van der Waals surface area contributed by atoms with Gasteiger partial charge in [-0.15, -0.1) is 12.4 Å². The normalized spacial score (nSPS) is 12.9. The molecule has 0 bridgehead atoms. The number of nitrogens with one attached hydrogen (secondary N) is 1. The molecule has 16 heteroatoms. The van der Waals surface area contributed by atoms with Gasteiger partial charge in [-0.3, -0.25) is 14.3 Å². The lowest BCUT2D eigenvalue weighted by Crippen LogP contribution is -2.53. The van der Waals surface area contributed by atoms with Crippen molar-refractivity contribution in [3.8, 4) is 11.3 Å². The maximum absolute atomic E-state index is 14.0. The Kier molecular flexibility index (Phi) is 8.86. The average molecular weight is 556 g/mol. The summed E-state index contributed by atoms with van der Waals surface area (Å²) in [5.74, 6) is -1.85. The fourth-order valence-electron chi connectivity index (χ4n) is 3.50. The molecule has 0 radical (unpaired) electrons. The van der Waals surface area contributed by atoms with Crippen LogP contribution < -0.4 is 16.6 Å². The van der Waals surface area contributed by atoms with E-state index in [2.05, 4.69) is 15.5 Å². The molecule has 3 rings (SSSR count). The van der Waals surface area contributed by atoms with Crippen molar-refractivity contribution in [2.45, 2.75) is 51.1 Å². The SMILES string of the molecule is Cl.Cn1cc(-c2cc(C(F)(F)F)nn2CC(C)(C)NC(=O)[C@H](N)Cc2cnn(C(F)F)c2)cc(F)c1=O. The van der Waals surface area contributed by atoms with Crippen molar-refractivity contribution >= 4 is 18.3 Å². The number of rotatable bonds is 8. The molecule has 0 aromatic carbocycles. The number of halogens is 7. The summed E-state index contributed by atoms with van der Waals surface area (Å²) in [6.45, 7) is -0.128. The molecule has 3 aromatic heterocycles. The predicted octanol–water partition coefficient (Wildman–Crippen LogP) is 2.88. The highest BCUT2D eigenvalue weighted by atomic mass is 35.5. The molecule has 37 heavy (non-hydrogen) atoms. The molecule has 9 nitrogen and oxygen atoms in total. The Morgan fingerprint density at radius 2 is 1.84 bits per heavy atom. The van der Waals surface area contributed by atoms with Crippen LogP contribution in [-0.4, -0.2) is 41.6 Å². The van der Waals surface area contributed by atoms with E-state index in [4.69, 9.17) is 5.73 Å². The second-order valence-corrected chi connectivity index (χ2v) is 8.85. The second kappa shape index (κ2) is 11.0. The monoisotopic (exact) mass is 555 g/mol. The first-order valence-electron chi connectivity index (χ1n) is 10.5. The number of carbonyl (C=O) groups excluding carboxylic acids is 1. The standard InChI is InChI=1S/C21H23F6N7O2.ClH/c1-20(2,30-17(35)14(28)4-11-7-29-33(8-11)19(23)24)10-34-15(6-16(31-34)21(25,26)27)12-5-13(22)18(36)32(3)9-12;/h5-9,14,19H,4,10,28H2,1-3H3,(H,30,35);1H/t14-;/m1./s1. The maximum atomic E-state index is 14.0. The molecule has 0 fully saturated rings. The second-order valence-electron chi connectivity index (χ2n) is 8.85. The van der Waals surface area contributed by atoms with E-state index in [0.29, 0.717) is 10.7 Å². The minimum absolute atomic E-state index is 0. The molecular weight excluding hydrogens is 532 g/mol.